The maximum absolute atomic E-state index is 13.3. The van der Waals surface area contributed by atoms with Crippen molar-refractivity contribution in [3.05, 3.63) is 41.5 Å². The summed E-state index contributed by atoms with van der Waals surface area (Å²) in [6.07, 6.45) is 13.2. The number of likely N-dealkylation sites (N-methyl/N-ethyl adjacent to an activating group) is 1. The molecule has 2 fully saturated rings. The Bertz CT molecular complexity index is 743. The molecule has 0 aromatic heterocycles. The number of unbranched alkanes of at least 4 members (excludes halogenated alkanes) is 1. The van der Waals surface area contributed by atoms with E-state index in [9.17, 15) is 4.79 Å². The van der Waals surface area contributed by atoms with Crippen LogP contribution >= 0.6 is 0 Å². The van der Waals surface area contributed by atoms with Crippen molar-refractivity contribution in [2.24, 2.45) is 5.92 Å². The maximum atomic E-state index is 13.3. The molecule has 2 amide bonds. The number of urea groups is 1. The highest BCUT2D eigenvalue weighted by molar-refractivity contribution is 5.76. The van der Waals surface area contributed by atoms with Crippen LogP contribution in [0.1, 0.15) is 83.1 Å². The zero-order valence-electron chi connectivity index (χ0n) is 21.6. The van der Waals surface area contributed by atoms with Gasteiger partial charge in [-0.25, -0.2) is 4.79 Å². The van der Waals surface area contributed by atoms with E-state index in [1.165, 1.54) is 48.8 Å². The molecule has 1 aliphatic carbocycles. The first kappa shape index (κ1) is 26.7. The number of likely N-dealkylation sites (tertiary alicyclic amines) is 1. The van der Waals surface area contributed by atoms with Gasteiger partial charge < -0.3 is 20.3 Å². The fourth-order valence-corrected chi connectivity index (χ4v) is 5.64. The standard InChI is InChI=1S/C29H47N3O2/c1-3-34-20-11-10-18-28(25-15-8-5-9-16-25)26-17-12-19-32(23-26)29(33)31-27(22-30-2)21-24-13-6-4-7-14-24/h5,8-9,15-16,24,27,30H,3-4,6-7,10-14,17-23H2,1-2H3,(H,31,33)/t27-/m0/s1. The highest BCUT2D eigenvalue weighted by Gasteiger charge is 2.25. The number of piperidine rings is 1. The molecule has 190 valence electrons. The second kappa shape index (κ2) is 15.2. The van der Waals surface area contributed by atoms with Gasteiger partial charge in [0.2, 0.25) is 0 Å². The van der Waals surface area contributed by atoms with E-state index in [-0.39, 0.29) is 12.1 Å². The normalized spacial score (nSPS) is 19.6. The highest BCUT2D eigenvalue weighted by atomic mass is 16.5. The van der Waals surface area contributed by atoms with Crippen LogP contribution in [0.25, 0.3) is 5.57 Å². The van der Waals surface area contributed by atoms with Crippen molar-refractivity contribution in [1.82, 2.24) is 15.5 Å². The van der Waals surface area contributed by atoms with Gasteiger partial charge in [-0.05, 0) is 75.1 Å². The summed E-state index contributed by atoms with van der Waals surface area (Å²) in [5, 5.41) is 6.68. The van der Waals surface area contributed by atoms with Crippen LogP contribution in [0, 0.1) is 5.92 Å². The van der Waals surface area contributed by atoms with Crippen LogP contribution < -0.4 is 10.6 Å². The van der Waals surface area contributed by atoms with Gasteiger partial charge in [-0.3, -0.25) is 0 Å². The molecule has 2 N–H and O–H groups in total. The minimum atomic E-state index is 0.108. The molecule has 0 unspecified atom stereocenters. The summed E-state index contributed by atoms with van der Waals surface area (Å²) in [7, 11) is 1.99. The lowest BCUT2D eigenvalue weighted by Gasteiger charge is -2.33. The Morgan fingerprint density at radius 2 is 1.91 bits per heavy atom. The Balaban J connectivity index is 1.64. The van der Waals surface area contributed by atoms with Crippen LogP contribution in [-0.4, -0.2) is 56.9 Å². The molecule has 2 aliphatic rings. The zero-order chi connectivity index (χ0) is 24.0. The first-order valence-electron chi connectivity index (χ1n) is 13.7. The summed E-state index contributed by atoms with van der Waals surface area (Å²) in [6, 6.07) is 11.1. The van der Waals surface area contributed by atoms with Crippen molar-refractivity contribution in [3.8, 4) is 0 Å². The lowest BCUT2D eigenvalue weighted by Crippen LogP contribution is -2.50. The minimum absolute atomic E-state index is 0.108. The third-order valence-electron chi connectivity index (χ3n) is 7.41. The summed E-state index contributed by atoms with van der Waals surface area (Å²) in [5.41, 5.74) is 4.17. The molecule has 3 rings (SSSR count). The fraction of sp³-hybridized carbons (Fsp3) is 0.690. The summed E-state index contributed by atoms with van der Waals surface area (Å²) in [5.74, 6) is 0.755. The number of nitrogens with one attached hydrogen (secondary N) is 2. The number of hydrogen-bond donors (Lipinski definition) is 2. The predicted molar refractivity (Wildman–Crippen MR) is 142 cm³/mol. The summed E-state index contributed by atoms with van der Waals surface area (Å²) < 4.78 is 5.54. The van der Waals surface area contributed by atoms with E-state index in [4.69, 9.17) is 4.74 Å². The predicted octanol–water partition coefficient (Wildman–Crippen LogP) is 6.01. The van der Waals surface area contributed by atoms with Crippen LogP contribution in [-0.2, 0) is 4.74 Å². The van der Waals surface area contributed by atoms with Gasteiger partial charge in [-0.2, -0.15) is 0 Å². The third-order valence-corrected chi connectivity index (χ3v) is 7.41. The smallest absolute Gasteiger partial charge is 0.317 e. The average molecular weight is 470 g/mol. The SMILES string of the molecule is CCOCCCCC(=C1CCCN(C(=O)N[C@H](CNC)CC2CCCCC2)C1)c1ccccc1. The molecule has 1 atom stereocenters. The molecular weight excluding hydrogens is 422 g/mol. The van der Waals surface area contributed by atoms with Crippen LogP contribution in [0.5, 0.6) is 0 Å². The van der Waals surface area contributed by atoms with Gasteiger partial charge in [-0.1, -0.05) is 62.4 Å². The largest absolute Gasteiger partial charge is 0.382 e. The monoisotopic (exact) mass is 469 g/mol. The number of benzene rings is 1. The Labute approximate surface area is 207 Å². The number of hydrogen-bond acceptors (Lipinski definition) is 3. The number of amides is 2. The molecule has 5 nitrogen and oxygen atoms in total. The van der Waals surface area contributed by atoms with E-state index in [1.807, 2.05) is 11.9 Å². The van der Waals surface area contributed by atoms with Gasteiger partial charge in [0.25, 0.3) is 0 Å². The van der Waals surface area contributed by atoms with Crippen molar-refractivity contribution in [2.45, 2.75) is 83.6 Å². The van der Waals surface area contributed by atoms with Crippen molar-refractivity contribution in [1.29, 1.82) is 0 Å². The second-order valence-corrected chi connectivity index (χ2v) is 10.1. The molecule has 34 heavy (non-hydrogen) atoms. The first-order valence-corrected chi connectivity index (χ1v) is 13.7. The minimum Gasteiger partial charge on any atom is -0.382 e. The number of allylic oxidation sites excluding steroid dienone is 1. The number of ether oxygens (including phenoxy) is 1. The average Bonchev–Trinajstić information content (AvgIpc) is 2.87. The van der Waals surface area contributed by atoms with Crippen molar-refractivity contribution in [2.75, 3.05) is 39.9 Å². The van der Waals surface area contributed by atoms with Gasteiger partial charge >= 0.3 is 6.03 Å². The Morgan fingerprint density at radius 1 is 1.12 bits per heavy atom. The topological polar surface area (TPSA) is 53.6 Å². The Morgan fingerprint density at radius 3 is 2.65 bits per heavy atom. The van der Waals surface area contributed by atoms with E-state index in [2.05, 4.69) is 47.9 Å². The zero-order valence-corrected chi connectivity index (χ0v) is 21.6. The number of rotatable bonds is 12. The van der Waals surface area contributed by atoms with Gasteiger partial charge in [0.1, 0.15) is 0 Å². The fourth-order valence-electron chi connectivity index (χ4n) is 5.64. The van der Waals surface area contributed by atoms with Gasteiger partial charge in [0.15, 0.2) is 0 Å². The van der Waals surface area contributed by atoms with E-state index in [0.29, 0.717) is 0 Å². The lowest BCUT2D eigenvalue weighted by atomic mass is 9.85. The highest BCUT2D eigenvalue weighted by Crippen LogP contribution is 2.30. The number of carbonyl (C=O) groups excluding carboxylic acids is 1. The summed E-state index contributed by atoms with van der Waals surface area (Å²) in [6.45, 7) is 6.10. The van der Waals surface area contributed by atoms with Gasteiger partial charge in [0.05, 0.1) is 0 Å². The number of nitrogens with zero attached hydrogens (tertiary/aromatic N) is 1. The van der Waals surface area contributed by atoms with E-state index < -0.39 is 0 Å². The first-order chi connectivity index (χ1) is 16.7. The Hall–Kier alpha value is -1.85. The van der Waals surface area contributed by atoms with Crippen LogP contribution in [0.15, 0.2) is 35.9 Å². The van der Waals surface area contributed by atoms with Gasteiger partial charge in [-0.15, -0.1) is 0 Å². The molecule has 0 spiro atoms. The van der Waals surface area contributed by atoms with Crippen LogP contribution in [0.2, 0.25) is 0 Å². The van der Waals surface area contributed by atoms with Crippen molar-refractivity contribution >= 4 is 11.6 Å². The molecule has 1 saturated heterocycles. The molecule has 1 aromatic rings. The maximum Gasteiger partial charge on any atom is 0.317 e. The van der Waals surface area contributed by atoms with Crippen LogP contribution in [0.3, 0.4) is 0 Å². The third kappa shape index (κ3) is 8.74. The molecule has 1 aliphatic heterocycles. The van der Waals surface area contributed by atoms with E-state index >= 15 is 0 Å². The molecule has 1 aromatic carbocycles. The molecule has 1 saturated carbocycles. The molecule has 0 bridgehead atoms. The molecular formula is C29H47N3O2. The van der Waals surface area contributed by atoms with Crippen molar-refractivity contribution in [3.63, 3.8) is 0 Å². The van der Waals surface area contributed by atoms with E-state index in [1.54, 1.807) is 0 Å². The van der Waals surface area contributed by atoms with Crippen LogP contribution in [0.4, 0.5) is 4.79 Å². The second-order valence-electron chi connectivity index (χ2n) is 10.1. The molecule has 5 heteroatoms. The molecule has 0 radical (unpaired) electrons. The van der Waals surface area contributed by atoms with Crippen molar-refractivity contribution < 1.29 is 9.53 Å². The Kier molecular flexibility index (Phi) is 12.0. The quantitative estimate of drug-likeness (QED) is 0.369. The lowest BCUT2D eigenvalue weighted by molar-refractivity contribution is 0.144. The summed E-state index contributed by atoms with van der Waals surface area (Å²) in [4.78, 5) is 15.4. The number of carbonyl (C=O) groups is 1. The van der Waals surface area contributed by atoms with Gasteiger partial charge in [0, 0.05) is 38.9 Å². The molecule has 1 heterocycles. The van der Waals surface area contributed by atoms with E-state index in [0.717, 1.165) is 77.3 Å². The summed E-state index contributed by atoms with van der Waals surface area (Å²) >= 11 is 0.